The van der Waals surface area contributed by atoms with Gasteiger partial charge in [0.2, 0.25) is 5.70 Å². The van der Waals surface area contributed by atoms with Crippen LogP contribution in [0.1, 0.15) is 5.56 Å². The van der Waals surface area contributed by atoms with Crippen molar-refractivity contribution < 1.29 is 18.7 Å². The Hall–Kier alpha value is -1.97. The van der Waals surface area contributed by atoms with Crippen LogP contribution in [0.15, 0.2) is 29.0 Å². The Morgan fingerprint density at radius 1 is 1.65 bits per heavy atom. The van der Waals surface area contributed by atoms with Crippen LogP contribution in [-0.4, -0.2) is 24.6 Å². The lowest BCUT2D eigenvalue weighted by atomic mass is 10.2. The second-order valence-electron chi connectivity index (χ2n) is 2.93. The number of benzene rings is 1. The lowest BCUT2D eigenvalue weighted by Crippen LogP contribution is -2.02. The Bertz CT molecular complexity index is 522. The summed E-state index contributed by atoms with van der Waals surface area (Å²) in [6.45, 7) is 3.12. The molecule has 0 N–H and O–H groups in total. The average molecular weight is 256 g/mol. The predicted molar refractivity (Wildman–Crippen MR) is 61.2 cm³/mol. The molecule has 0 saturated carbocycles. The van der Waals surface area contributed by atoms with Gasteiger partial charge in [-0.15, -0.1) is 0 Å². The fourth-order valence-corrected chi connectivity index (χ4v) is 1.23. The molecule has 0 saturated heterocycles. The molecule has 0 fully saturated rings. The molecule has 0 spiro atoms. The number of nitrogens with zero attached hydrogens (tertiary/aromatic N) is 2. The molecule has 0 aliphatic rings. The summed E-state index contributed by atoms with van der Waals surface area (Å²) < 4.78 is 17.9. The van der Waals surface area contributed by atoms with Gasteiger partial charge < -0.3 is 4.74 Å². The van der Waals surface area contributed by atoms with Crippen LogP contribution in [0.4, 0.5) is 4.39 Å². The maximum atomic E-state index is 13.4. The topological polar surface area (TPSA) is 52.8 Å². The molecule has 0 aliphatic heterocycles. The molecule has 0 amide bonds. The number of rotatable bonds is 3. The van der Waals surface area contributed by atoms with Crippen molar-refractivity contribution in [3.63, 3.8) is 0 Å². The van der Waals surface area contributed by atoms with Crippen molar-refractivity contribution in [1.82, 2.24) is 0 Å². The van der Waals surface area contributed by atoms with Gasteiger partial charge in [0.25, 0.3) is 6.72 Å². The summed E-state index contributed by atoms with van der Waals surface area (Å²) in [5.41, 5.74) is 0.00548. The Balaban J connectivity index is 3.21. The number of carbonyl (C=O) groups excluding carboxylic acids is 1. The minimum absolute atomic E-state index is 0.149. The van der Waals surface area contributed by atoms with Gasteiger partial charge in [-0.05, 0) is 18.2 Å². The molecule has 1 rings (SSSR count). The lowest BCUT2D eigenvalue weighted by Gasteiger charge is -1.98. The second kappa shape index (κ2) is 5.94. The van der Waals surface area contributed by atoms with Crippen molar-refractivity contribution in [3.8, 4) is 0 Å². The van der Waals surface area contributed by atoms with E-state index in [1.807, 2.05) is 0 Å². The van der Waals surface area contributed by atoms with Gasteiger partial charge in [0.15, 0.2) is 0 Å². The van der Waals surface area contributed by atoms with Gasteiger partial charge in [-0.3, -0.25) is 0 Å². The minimum atomic E-state index is -0.730. The summed E-state index contributed by atoms with van der Waals surface area (Å²) in [4.78, 5) is 14.5. The molecule has 0 heterocycles. The smallest absolute Gasteiger partial charge is 0.364 e. The van der Waals surface area contributed by atoms with Gasteiger partial charge in [-0.25, -0.2) is 9.18 Å². The summed E-state index contributed by atoms with van der Waals surface area (Å²) in [7, 11) is 1.19. The molecule has 88 valence electrons. The fourth-order valence-electron chi connectivity index (χ4n) is 1.08. The molecule has 1 aromatic carbocycles. The third kappa shape index (κ3) is 3.52. The van der Waals surface area contributed by atoms with E-state index in [1.165, 1.54) is 25.3 Å². The minimum Gasteiger partial charge on any atom is -0.464 e. The van der Waals surface area contributed by atoms with Crippen molar-refractivity contribution in [1.29, 1.82) is 0 Å². The van der Waals surface area contributed by atoms with Crippen molar-refractivity contribution in [3.05, 3.63) is 40.3 Å². The Morgan fingerprint density at radius 3 is 2.88 bits per heavy atom. The van der Waals surface area contributed by atoms with E-state index < -0.39 is 11.8 Å². The maximum Gasteiger partial charge on any atom is 0.364 e. The van der Waals surface area contributed by atoms with Gasteiger partial charge in [-0.1, -0.05) is 17.7 Å². The van der Waals surface area contributed by atoms with Crippen LogP contribution >= 0.6 is 11.6 Å². The van der Waals surface area contributed by atoms with E-state index in [0.717, 1.165) is 6.07 Å². The van der Waals surface area contributed by atoms with Crippen LogP contribution in [0.25, 0.3) is 6.08 Å². The first kappa shape index (κ1) is 13.1. The van der Waals surface area contributed by atoms with Crippen LogP contribution in [-0.2, 0) is 9.53 Å². The third-order valence-electron chi connectivity index (χ3n) is 1.83. The van der Waals surface area contributed by atoms with Gasteiger partial charge in [0, 0.05) is 15.4 Å². The highest BCUT2D eigenvalue weighted by atomic mass is 35.5. The van der Waals surface area contributed by atoms with Crippen LogP contribution in [0.3, 0.4) is 0 Å². The van der Waals surface area contributed by atoms with E-state index in [0.29, 0.717) is 0 Å². The molecule has 1 aromatic rings. The first-order valence-electron chi connectivity index (χ1n) is 4.50. The third-order valence-corrected chi connectivity index (χ3v) is 2.06. The molecular weight excluding hydrogens is 247 g/mol. The van der Waals surface area contributed by atoms with Gasteiger partial charge >= 0.3 is 5.97 Å². The highest BCUT2D eigenvalue weighted by Crippen LogP contribution is 2.17. The number of hydrogen-bond donors (Lipinski definition) is 0. The maximum absolute atomic E-state index is 13.4. The average Bonchev–Trinajstić information content (AvgIpc) is 2.30. The summed E-state index contributed by atoms with van der Waals surface area (Å²) in [6.07, 6.45) is 1.20. The Labute approximate surface area is 102 Å². The monoisotopic (exact) mass is 255 g/mol. The summed E-state index contributed by atoms with van der Waals surface area (Å²) >= 11 is 5.60. The first-order chi connectivity index (χ1) is 8.08. The molecule has 4 nitrogen and oxygen atoms in total. The number of esters is 1. The van der Waals surface area contributed by atoms with Crippen molar-refractivity contribution in [2.45, 2.75) is 0 Å². The highest BCUT2D eigenvalue weighted by Gasteiger charge is 2.14. The van der Waals surface area contributed by atoms with E-state index in [-0.39, 0.29) is 16.3 Å². The number of hydrogen-bond acceptors (Lipinski definition) is 3. The largest absolute Gasteiger partial charge is 0.464 e. The van der Waals surface area contributed by atoms with Crippen molar-refractivity contribution in [2.24, 2.45) is 5.11 Å². The molecule has 17 heavy (non-hydrogen) atoms. The first-order valence-corrected chi connectivity index (χ1v) is 4.88. The van der Waals surface area contributed by atoms with Crippen LogP contribution < -0.4 is 0 Å². The summed E-state index contributed by atoms with van der Waals surface area (Å²) in [6, 6.07) is 4.04. The fraction of sp³-hybridized carbons (Fsp3) is 0.0909. The summed E-state index contributed by atoms with van der Waals surface area (Å²) in [5, 5.41) is 3.72. The molecule has 0 aliphatic carbocycles. The quantitative estimate of drug-likeness (QED) is 0.274. The lowest BCUT2D eigenvalue weighted by molar-refractivity contribution is -0.138. The molecule has 0 radical (unpaired) electrons. The molecule has 0 bridgehead atoms. The van der Waals surface area contributed by atoms with Crippen LogP contribution in [0.2, 0.25) is 5.02 Å². The van der Waals surface area contributed by atoms with E-state index in [9.17, 15) is 9.18 Å². The van der Waals surface area contributed by atoms with Crippen molar-refractivity contribution in [2.75, 3.05) is 7.11 Å². The van der Waals surface area contributed by atoms with Crippen LogP contribution in [0, 0.1) is 5.82 Å². The SMILES string of the molecule is C=[N+]=N/C(=C\c1ccc(Cl)cc1F)C(=O)OC. The Kier molecular flexibility index (Phi) is 4.57. The number of halogens is 2. The summed E-state index contributed by atoms with van der Waals surface area (Å²) in [5.74, 6) is -1.30. The molecular formula is C11H9ClFN2O2+. The zero-order valence-corrected chi connectivity index (χ0v) is 9.74. The van der Waals surface area contributed by atoms with E-state index in [2.05, 4.69) is 21.4 Å². The van der Waals surface area contributed by atoms with Gasteiger partial charge in [0.05, 0.1) is 7.11 Å². The Morgan fingerprint density at radius 2 is 2.35 bits per heavy atom. The predicted octanol–water partition coefficient (Wildman–Crippen LogP) is 2.35. The van der Waals surface area contributed by atoms with Crippen molar-refractivity contribution >= 4 is 30.4 Å². The van der Waals surface area contributed by atoms with E-state index >= 15 is 0 Å². The molecule has 0 unspecified atom stereocenters. The second-order valence-corrected chi connectivity index (χ2v) is 3.36. The standard InChI is InChI=1S/C11H9ClFN2O2/c1-14-15-10(11(16)17-2)5-7-3-4-8(12)6-9(7)13/h3-6H,1H2,2H3/q+1/b10-5-. The molecule has 0 aromatic heterocycles. The number of methoxy groups -OCH3 is 1. The zero-order valence-electron chi connectivity index (χ0n) is 8.98. The van der Waals surface area contributed by atoms with Gasteiger partial charge in [-0.2, -0.15) is 0 Å². The van der Waals surface area contributed by atoms with E-state index in [4.69, 9.17) is 11.6 Å². The molecule has 6 heteroatoms. The van der Waals surface area contributed by atoms with Gasteiger partial charge in [0.1, 0.15) is 10.9 Å². The zero-order chi connectivity index (χ0) is 12.8. The molecule has 0 atom stereocenters. The normalized spacial score (nSPS) is 10.6. The number of ether oxygens (including phenoxy) is 1. The van der Waals surface area contributed by atoms with Crippen LogP contribution in [0.5, 0.6) is 0 Å². The van der Waals surface area contributed by atoms with E-state index in [1.54, 1.807) is 0 Å². The highest BCUT2D eigenvalue weighted by molar-refractivity contribution is 6.30. The number of carbonyl (C=O) groups is 1.